The van der Waals surface area contributed by atoms with Crippen LogP contribution in [0.5, 0.6) is 0 Å². The predicted octanol–water partition coefficient (Wildman–Crippen LogP) is -2.01. The lowest BCUT2D eigenvalue weighted by molar-refractivity contribution is -0.148. The van der Waals surface area contributed by atoms with Gasteiger partial charge in [0.2, 0.25) is 5.91 Å². The molecule has 0 saturated heterocycles. The van der Waals surface area contributed by atoms with E-state index in [4.69, 9.17) is 10.8 Å². The Morgan fingerprint density at radius 1 is 1.62 bits per heavy atom. The Hall–Kier alpha value is -1.14. The van der Waals surface area contributed by atoms with Gasteiger partial charge in [0, 0.05) is 0 Å². The number of aliphatic hydroxyl groups excluding tert-OH is 1. The van der Waals surface area contributed by atoms with Gasteiger partial charge in [-0.1, -0.05) is 0 Å². The molecule has 6 nitrogen and oxygen atoms in total. The summed E-state index contributed by atoms with van der Waals surface area (Å²) in [5.74, 6) is -1.17. The second-order valence-corrected chi connectivity index (χ2v) is 2.26. The van der Waals surface area contributed by atoms with Gasteiger partial charge in [-0.3, -0.25) is 4.79 Å². The van der Waals surface area contributed by atoms with Gasteiger partial charge in [0.05, 0.1) is 19.8 Å². The lowest BCUT2D eigenvalue weighted by atomic mass is 10.3. The summed E-state index contributed by atoms with van der Waals surface area (Å²) < 4.78 is 4.59. The van der Waals surface area contributed by atoms with E-state index in [0.717, 1.165) is 0 Å². The molecule has 0 aromatic rings. The third kappa shape index (κ3) is 4.44. The first-order valence-corrected chi connectivity index (χ1v) is 3.92. The van der Waals surface area contributed by atoms with Gasteiger partial charge >= 0.3 is 5.97 Å². The topological polar surface area (TPSA) is 102 Å². The molecule has 0 aromatic carbocycles. The maximum Gasteiger partial charge on any atom is 0.331 e. The minimum absolute atomic E-state index is 0.202. The van der Waals surface area contributed by atoms with Crippen molar-refractivity contribution in [2.45, 2.75) is 13.0 Å². The maximum atomic E-state index is 11.0. The second kappa shape index (κ2) is 6.38. The third-order valence-electron chi connectivity index (χ3n) is 1.27. The lowest BCUT2D eigenvalue weighted by Crippen LogP contribution is -2.46. The van der Waals surface area contributed by atoms with Gasteiger partial charge in [-0.05, 0) is 6.92 Å². The molecule has 76 valence electrons. The first-order valence-electron chi connectivity index (χ1n) is 3.92. The summed E-state index contributed by atoms with van der Waals surface area (Å²) in [7, 11) is 0. The van der Waals surface area contributed by atoms with Crippen molar-refractivity contribution in [1.29, 1.82) is 0 Å². The average Bonchev–Trinajstić information content (AvgIpc) is 2.14. The molecule has 1 atom stereocenters. The predicted molar refractivity (Wildman–Crippen MR) is 44.7 cm³/mol. The number of carbonyl (C=O) groups excluding carboxylic acids is 2. The summed E-state index contributed by atoms with van der Waals surface area (Å²) in [6, 6.07) is -1.02. The molecular weight excluding hydrogens is 176 g/mol. The Morgan fingerprint density at radius 2 is 2.23 bits per heavy atom. The summed E-state index contributed by atoms with van der Waals surface area (Å²) in [4.78, 5) is 21.7. The van der Waals surface area contributed by atoms with Crippen LogP contribution in [0.4, 0.5) is 0 Å². The van der Waals surface area contributed by atoms with E-state index in [1.165, 1.54) is 0 Å². The van der Waals surface area contributed by atoms with E-state index in [1.54, 1.807) is 6.92 Å². The van der Waals surface area contributed by atoms with Crippen LogP contribution in [0.25, 0.3) is 0 Å². The fraction of sp³-hybridized carbons (Fsp3) is 0.714. The number of nitrogens with two attached hydrogens (primary N) is 1. The minimum Gasteiger partial charge on any atom is -0.464 e. The van der Waals surface area contributed by atoms with Crippen molar-refractivity contribution in [1.82, 2.24) is 5.32 Å². The van der Waals surface area contributed by atoms with Crippen LogP contribution in [0, 0.1) is 0 Å². The summed E-state index contributed by atoms with van der Waals surface area (Å²) in [6.45, 7) is 1.12. The molecule has 4 N–H and O–H groups in total. The number of amides is 1. The van der Waals surface area contributed by atoms with E-state index in [9.17, 15) is 9.59 Å². The highest BCUT2D eigenvalue weighted by molar-refractivity contribution is 5.85. The average molecular weight is 190 g/mol. The van der Waals surface area contributed by atoms with Gasteiger partial charge in [0.15, 0.2) is 6.04 Å². The molecular formula is C7H14N2O4. The fourth-order valence-corrected chi connectivity index (χ4v) is 0.675. The van der Waals surface area contributed by atoms with Crippen molar-refractivity contribution in [2.75, 3.05) is 19.8 Å². The van der Waals surface area contributed by atoms with Crippen LogP contribution >= 0.6 is 0 Å². The van der Waals surface area contributed by atoms with Gasteiger partial charge in [0.25, 0.3) is 0 Å². The Bertz CT molecular complexity index is 183. The van der Waals surface area contributed by atoms with Gasteiger partial charge in [-0.25, -0.2) is 4.79 Å². The summed E-state index contributed by atoms with van der Waals surface area (Å²) >= 11 is 0. The van der Waals surface area contributed by atoms with Gasteiger partial charge in [-0.15, -0.1) is 0 Å². The zero-order chi connectivity index (χ0) is 10.3. The van der Waals surface area contributed by atoms with Crippen LogP contribution in [0.3, 0.4) is 0 Å². The van der Waals surface area contributed by atoms with Crippen LogP contribution in [0.1, 0.15) is 6.92 Å². The normalized spacial score (nSPS) is 11.9. The number of rotatable bonds is 5. The largest absolute Gasteiger partial charge is 0.464 e. The van der Waals surface area contributed by atoms with Crippen LogP contribution in [0.2, 0.25) is 0 Å². The van der Waals surface area contributed by atoms with E-state index in [2.05, 4.69) is 10.1 Å². The monoisotopic (exact) mass is 190 g/mol. The number of hydrogen-bond acceptors (Lipinski definition) is 5. The van der Waals surface area contributed by atoms with E-state index < -0.39 is 24.5 Å². The number of ether oxygens (including phenoxy) is 1. The highest BCUT2D eigenvalue weighted by Crippen LogP contribution is 1.87. The number of hydrogen-bond donors (Lipinski definition) is 3. The summed E-state index contributed by atoms with van der Waals surface area (Å²) in [5.41, 5.74) is 5.00. The van der Waals surface area contributed by atoms with Gasteiger partial charge in [0.1, 0.15) is 0 Å². The molecule has 0 fully saturated rings. The van der Waals surface area contributed by atoms with E-state index in [1.807, 2.05) is 0 Å². The first kappa shape index (κ1) is 11.9. The number of nitrogens with one attached hydrogen (secondary N) is 1. The van der Waals surface area contributed by atoms with Crippen molar-refractivity contribution in [3.63, 3.8) is 0 Å². The molecule has 0 radical (unpaired) electrons. The molecule has 0 saturated carbocycles. The van der Waals surface area contributed by atoms with E-state index in [-0.39, 0.29) is 13.2 Å². The number of aliphatic hydroxyl groups is 1. The fourth-order valence-electron chi connectivity index (χ4n) is 0.675. The molecule has 0 aromatic heterocycles. The Labute approximate surface area is 76.0 Å². The number of carbonyl (C=O) groups is 2. The molecule has 1 amide bonds. The molecule has 0 aliphatic rings. The summed E-state index contributed by atoms with van der Waals surface area (Å²) in [5, 5.41) is 10.9. The molecule has 0 aliphatic carbocycles. The minimum atomic E-state index is -1.02. The van der Waals surface area contributed by atoms with Crippen LogP contribution < -0.4 is 11.1 Å². The van der Waals surface area contributed by atoms with Gasteiger partial charge in [-0.2, -0.15) is 0 Å². The maximum absolute atomic E-state index is 11.0. The molecule has 0 spiro atoms. The highest BCUT2D eigenvalue weighted by atomic mass is 16.5. The third-order valence-corrected chi connectivity index (χ3v) is 1.27. The summed E-state index contributed by atoms with van der Waals surface area (Å²) in [6.07, 6.45) is 0. The smallest absolute Gasteiger partial charge is 0.331 e. The quantitative estimate of drug-likeness (QED) is 0.434. The molecule has 1 unspecified atom stereocenters. The van der Waals surface area contributed by atoms with Crippen molar-refractivity contribution in [3.8, 4) is 0 Å². The van der Waals surface area contributed by atoms with Crippen LogP contribution in [-0.4, -0.2) is 42.8 Å². The van der Waals surface area contributed by atoms with E-state index in [0.29, 0.717) is 0 Å². The van der Waals surface area contributed by atoms with Crippen molar-refractivity contribution in [2.24, 2.45) is 5.73 Å². The molecule has 6 heteroatoms. The van der Waals surface area contributed by atoms with Crippen LogP contribution in [0.15, 0.2) is 0 Å². The molecule has 0 heterocycles. The Kier molecular flexibility index (Phi) is 5.82. The standard InChI is InChI=1S/C7H14N2O4/c1-2-13-7(12)5(4-10)9-6(11)3-8/h5,10H,2-4,8H2,1H3,(H,9,11). The molecule has 13 heavy (non-hydrogen) atoms. The van der Waals surface area contributed by atoms with E-state index >= 15 is 0 Å². The van der Waals surface area contributed by atoms with Gasteiger partial charge < -0.3 is 20.9 Å². The molecule has 0 aliphatic heterocycles. The number of esters is 1. The SMILES string of the molecule is CCOC(=O)C(CO)NC(=O)CN. The Morgan fingerprint density at radius 3 is 2.62 bits per heavy atom. The highest BCUT2D eigenvalue weighted by Gasteiger charge is 2.19. The molecule has 0 rings (SSSR count). The molecule has 0 bridgehead atoms. The lowest BCUT2D eigenvalue weighted by Gasteiger charge is -2.13. The first-order chi connectivity index (χ1) is 6.15. The second-order valence-electron chi connectivity index (χ2n) is 2.26. The zero-order valence-corrected chi connectivity index (χ0v) is 7.45. The van der Waals surface area contributed by atoms with Crippen LogP contribution in [-0.2, 0) is 14.3 Å². The van der Waals surface area contributed by atoms with Crippen molar-refractivity contribution < 1.29 is 19.4 Å². The van der Waals surface area contributed by atoms with Crippen molar-refractivity contribution >= 4 is 11.9 Å². The Balaban J connectivity index is 4.01. The zero-order valence-electron chi connectivity index (χ0n) is 7.45. The van der Waals surface area contributed by atoms with Crippen molar-refractivity contribution in [3.05, 3.63) is 0 Å².